The van der Waals surface area contributed by atoms with Gasteiger partial charge in [0.1, 0.15) is 0 Å². The number of nitrogens with one attached hydrogen (secondary N) is 3. The summed E-state index contributed by atoms with van der Waals surface area (Å²) in [7, 11) is 0. The molecule has 1 saturated heterocycles. The molecule has 0 bridgehead atoms. The van der Waals surface area contributed by atoms with Crippen molar-refractivity contribution in [1.29, 1.82) is 0 Å². The van der Waals surface area contributed by atoms with E-state index >= 15 is 0 Å². The molecule has 1 fully saturated rings. The van der Waals surface area contributed by atoms with Crippen molar-refractivity contribution < 1.29 is 32.7 Å². The summed E-state index contributed by atoms with van der Waals surface area (Å²) in [4.78, 5) is 0. The van der Waals surface area contributed by atoms with Crippen molar-refractivity contribution in [2.75, 3.05) is 32.7 Å². The van der Waals surface area contributed by atoms with Crippen LogP contribution in [0.2, 0.25) is 0 Å². The van der Waals surface area contributed by atoms with Crippen LogP contribution in [0.5, 0.6) is 0 Å². The average Bonchev–Trinajstić information content (AvgIpc) is 2.00. The molecule has 0 saturated carbocycles. The monoisotopic (exact) mass is 217 g/mol. The van der Waals surface area contributed by atoms with Gasteiger partial charge in [0.15, 0.2) is 0 Å². The summed E-state index contributed by atoms with van der Waals surface area (Å²) in [5.41, 5.74) is 0. The van der Waals surface area contributed by atoms with E-state index in [-0.39, 0.29) is 32.7 Å². The van der Waals surface area contributed by atoms with Crippen LogP contribution in [-0.4, -0.2) is 32.7 Å². The summed E-state index contributed by atoms with van der Waals surface area (Å²) in [5.74, 6) is 0. The summed E-state index contributed by atoms with van der Waals surface area (Å²) in [6, 6.07) is 0. The van der Waals surface area contributed by atoms with Crippen molar-refractivity contribution in [3.05, 3.63) is 6.54 Å². The zero-order valence-electron chi connectivity index (χ0n) is 6.19. The Labute approximate surface area is 87.6 Å². The molecule has 10 heavy (non-hydrogen) atoms. The van der Waals surface area contributed by atoms with Gasteiger partial charge in [-0.15, -0.1) is 6.54 Å². The molecule has 0 aliphatic carbocycles. The van der Waals surface area contributed by atoms with Crippen LogP contribution < -0.4 is 16.0 Å². The van der Waals surface area contributed by atoms with E-state index in [1.165, 1.54) is 0 Å². The van der Waals surface area contributed by atoms with Crippen molar-refractivity contribution in [3.8, 4) is 0 Å². The van der Waals surface area contributed by atoms with Gasteiger partial charge < -0.3 is 16.0 Å². The van der Waals surface area contributed by atoms with Gasteiger partial charge in [-0.3, -0.25) is 6.54 Å². The quantitative estimate of drug-likeness (QED) is 0.452. The fourth-order valence-corrected chi connectivity index (χ4v) is 0.811. The Bertz CT molecular complexity index is 41.5. The van der Waals surface area contributed by atoms with Crippen LogP contribution in [0.3, 0.4) is 0 Å². The summed E-state index contributed by atoms with van der Waals surface area (Å²) >= 11 is 0. The molecular formula is C6H14N3Y-. The van der Waals surface area contributed by atoms with Gasteiger partial charge in [-0.1, -0.05) is 0 Å². The third-order valence-electron chi connectivity index (χ3n) is 1.32. The summed E-state index contributed by atoms with van der Waals surface area (Å²) in [6.07, 6.45) is 0. The van der Waals surface area contributed by atoms with Gasteiger partial charge in [0.2, 0.25) is 0 Å². The van der Waals surface area contributed by atoms with E-state index in [1.807, 2.05) is 0 Å². The van der Waals surface area contributed by atoms with Gasteiger partial charge >= 0.3 is 0 Å². The SMILES string of the molecule is [CH-]1CNCCNCCN1.[Y]. The van der Waals surface area contributed by atoms with Crippen molar-refractivity contribution in [2.45, 2.75) is 0 Å². The molecule has 1 rings (SSSR count). The minimum atomic E-state index is 0. The van der Waals surface area contributed by atoms with Crippen LogP contribution in [-0.2, 0) is 32.7 Å². The van der Waals surface area contributed by atoms with Crippen LogP contribution in [0.4, 0.5) is 0 Å². The molecule has 4 heteroatoms. The molecule has 1 aliphatic heterocycles. The Kier molecular flexibility index (Phi) is 8.88. The molecule has 0 spiro atoms. The Morgan fingerprint density at radius 2 is 1.60 bits per heavy atom. The predicted octanol–water partition coefficient (Wildman–Crippen LogP) is -1.07. The molecule has 1 aliphatic rings. The van der Waals surface area contributed by atoms with E-state index in [0.29, 0.717) is 0 Å². The summed E-state index contributed by atoms with van der Waals surface area (Å²) < 4.78 is 0. The van der Waals surface area contributed by atoms with Crippen molar-refractivity contribution in [2.24, 2.45) is 0 Å². The van der Waals surface area contributed by atoms with Crippen LogP contribution >= 0.6 is 0 Å². The Morgan fingerprint density at radius 1 is 0.900 bits per heavy atom. The maximum absolute atomic E-state index is 3.28. The zero-order chi connectivity index (χ0) is 6.36. The van der Waals surface area contributed by atoms with Crippen molar-refractivity contribution >= 4 is 0 Å². The first-order chi connectivity index (χ1) is 4.50. The smallest absolute Gasteiger partial charge is 0.00762 e. The second-order valence-electron chi connectivity index (χ2n) is 2.11. The molecule has 0 atom stereocenters. The second kappa shape index (κ2) is 8.08. The fraction of sp³-hybridized carbons (Fsp3) is 0.833. The minimum absolute atomic E-state index is 0. The number of rotatable bonds is 0. The Morgan fingerprint density at radius 3 is 2.50 bits per heavy atom. The van der Waals surface area contributed by atoms with Crippen molar-refractivity contribution in [3.63, 3.8) is 0 Å². The van der Waals surface area contributed by atoms with E-state index < -0.39 is 0 Å². The maximum atomic E-state index is 3.28. The molecule has 0 aromatic heterocycles. The van der Waals surface area contributed by atoms with Gasteiger partial charge in [0.05, 0.1) is 0 Å². The molecule has 0 unspecified atom stereocenters. The zero-order valence-corrected chi connectivity index (χ0v) is 9.03. The Balaban J connectivity index is 0.000000810. The first-order valence-electron chi connectivity index (χ1n) is 3.46. The van der Waals surface area contributed by atoms with Gasteiger partial charge in [-0.05, 0) is 6.54 Å². The van der Waals surface area contributed by atoms with E-state index in [4.69, 9.17) is 0 Å². The first kappa shape index (κ1) is 11.0. The Hall–Kier alpha value is 0.984. The molecule has 3 nitrogen and oxygen atoms in total. The van der Waals surface area contributed by atoms with Gasteiger partial charge in [0.25, 0.3) is 0 Å². The van der Waals surface area contributed by atoms with E-state index in [2.05, 4.69) is 22.5 Å². The fourth-order valence-electron chi connectivity index (χ4n) is 0.811. The predicted molar refractivity (Wildman–Crippen MR) is 38.0 cm³/mol. The first-order valence-corrected chi connectivity index (χ1v) is 3.46. The normalized spacial score (nSPS) is 21.6. The van der Waals surface area contributed by atoms with Crippen LogP contribution in [0.1, 0.15) is 0 Å². The number of hydrogen-bond donors (Lipinski definition) is 3. The maximum Gasteiger partial charge on any atom is 0.00762 e. The third-order valence-corrected chi connectivity index (χ3v) is 1.32. The summed E-state index contributed by atoms with van der Waals surface area (Å²) in [5, 5.41) is 9.71. The van der Waals surface area contributed by atoms with Gasteiger partial charge in [-0.25, -0.2) is 0 Å². The molecule has 1 radical (unpaired) electrons. The second-order valence-corrected chi connectivity index (χ2v) is 2.11. The molecule has 0 amide bonds. The van der Waals surface area contributed by atoms with Crippen LogP contribution in [0.25, 0.3) is 0 Å². The molecule has 3 N–H and O–H groups in total. The largest absolute Gasteiger partial charge is 0.468 e. The van der Waals surface area contributed by atoms with Crippen molar-refractivity contribution in [1.82, 2.24) is 16.0 Å². The van der Waals surface area contributed by atoms with Crippen LogP contribution in [0.15, 0.2) is 0 Å². The standard InChI is InChI=1S/C6H14N3.Y/c1-2-8-5-6-9-4-3-7-1;/h1,7-9H,2-6H2;/q-1;. The number of hydrogen-bond acceptors (Lipinski definition) is 3. The minimum Gasteiger partial charge on any atom is -0.468 e. The molecule has 0 aromatic carbocycles. The average molecular weight is 217 g/mol. The van der Waals surface area contributed by atoms with Crippen LogP contribution in [0, 0.1) is 6.54 Å². The van der Waals surface area contributed by atoms with E-state index in [1.54, 1.807) is 0 Å². The third kappa shape index (κ3) is 5.75. The molecule has 1 heterocycles. The topological polar surface area (TPSA) is 36.1 Å². The van der Waals surface area contributed by atoms with E-state index in [0.717, 1.165) is 32.7 Å². The van der Waals surface area contributed by atoms with Gasteiger partial charge in [0, 0.05) is 52.3 Å². The summed E-state index contributed by atoms with van der Waals surface area (Å²) in [6.45, 7) is 7.29. The molecule has 0 aromatic rings. The van der Waals surface area contributed by atoms with Gasteiger partial charge in [-0.2, -0.15) is 0 Å². The molecular weight excluding hydrogens is 203 g/mol. The molecule has 57 valence electrons. The van der Waals surface area contributed by atoms with E-state index in [9.17, 15) is 0 Å².